The molecule has 1 unspecified atom stereocenters. The number of carbonyl (C=O) groups is 3. The number of hydrazone groups is 1. The third-order valence-corrected chi connectivity index (χ3v) is 4.85. The third-order valence-electron chi connectivity index (χ3n) is 4.85. The molecule has 0 spiro atoms. The van der Waals surface area contributed by atoms with Gasteiger partial charge in [-0.25, -0.2) is 14.6 Å². The van der Waals surface area contributed by atoms with Gasteiger partial charge in [-0.3, -0.25) is 9.63 Å². The van der Waals surface area contributed by atoms with Crippen LogP contribution in [0, 0.1) is 0 Å². The summed E-state index contributed by atoms with van der Waals surface area (Å²) in [4.78, 5) is 45.9. The van der Waals surface area contributed by atoms with Gasteiger partial charge < -0.3 is 9.47 Å². The number of hydroxylamine groups is 2. The van der Waals surface area contributed by atoms with Gasteiger partial charge in [0.15, 0.2) is 0 Å². The molecule has 0 N–H and O–H groups in total. The predicted octanol–water partition coefficient (Wildman–Crippen LogP) is 4.86. The summed E-state index contributed by atoms with van der Waals surface area (Å²) in [7, 11) is 1.47. The zero-order valence-electron chi connectivity index (χ0n) is 21.1. The quantitative estimate of drug-likeness (QED) is 0.459. The maximum absolute atomic E-state index is 13.9. The van der Waals surface area contributed by atoms with E-state index in [1.807, 2.05) is 6.07 Å². The van der Waals surface area contributed by atoms with Crippen molar-refractivity contribution in [3.8, 4) is 0 Å². The smallest absolute Gasteiger partial charge is 0.442 e. The monoisotopic (exact) mass is 481 g/mol. The second-order valence-electron chi connectivity index (χ2n) is 10.1. The molecule has 3 rings (SSSR count). The molecule has 0 fully saturated rings. The van der Waals surface area contributed by atoms with E-state index in [0.29, 0.717) is 16.2 Å². The number of hydrogen-bond acceptors (Lipinski definition) is 7. The third kappa shape index (κ3) is 5.45. The van der Waals surface area contributed by atoms with E-state index in [2.05, 4.69) is 5.10 Å². The molecule has 1 atom stereocenters. The highest BCUT2D eigenvalue weighted by Crippen LogP contribution is 2.40. The van der Waals surface area contributed by atoms with E-state index < -0.39 is 34.9 Å². The number of rotatable bonds is 3. The lowest BCUT2D eigenvalue weighted by atomic mass is 9.81. The maximum Gasteiger partial charge on any atom is 0.534 e. The van der Waals surface area contributed by atoms with Gasteiger partial charge in [-0.2, -0.15) is 5.10 Å². The van der Waals surface area contributed by atoms with E-state index in [1.165, 1.54) is 7.05 Å². The van der Waals surface area contributed by atoms with Gasteiger partial charge in [0.05, 0.1) is 0 Å². The molecule has 2 amide bonds. The number of hydrogen-bond donors (Lipinski definition) is 0. The Bertz CT molecular complexity index is 1120. The Morgan fingerprint density at radius 2 is 1.37 bits per heavy atom. The first kappa shape index (κ1) is 25.7. The van der Waals surface area contributed by atoms with E-state index in [9.17, 15) is 14.4 Å². The van der Waals surface area contributed by atoms with Crippen LogP contribution < -0.4 is 0 Å². The van der Waals surface area contributed by atoms with Crippen LogP contribution in [0.5, 0.6) is 0 Å². The molecule has 9 heteroatoms. The number of ether oxygens (including phenoxy) is 2. The molecule has 1 aliphatic heterocycles. The standard InChI is InChI=1S/C26H31N3O6/c1-24(2,3)33-22(31)29(35-23(32)34-25(4,5)6)26(19-16-12-9-13-17-19)20(27-28(7)21(26)30)18-14-10-8-11-15-18/h8-17H,1-7H3. The van der Waals surface area contributed by atoms with Crippen LogP contribution in [0.1, 0.15) is 52.7 Å². The summed E-state index contributed by atoms with van der Waals surface area (Å²) in [5, 5.41) is 6.22. The zero-order chi connectivity index (χ0) is 26.0. The molecular formula is C26H31N3O6. The summed E-state index contributed by atoms with van der Waals surface area (Å²) in [5.41, 5.74) is -2.75. The molecule has 0 saturated heterocycles. The van der Waals surface area contributed by atoms with E-state index in [0.717, 1.165) is 5.01 Å². The van der Waals surface area contributed by atoms with Crippen molar-refractivity contribution >= 4 is 23.9 Å². The Kier molecular flexibility index (Phi) is 6.91. The van der Waals surface area contributed by atoms with Gasteiger partial charge >= 0.3 is 12.2 Å². The van der Waals surface area contributed by atoms with Crippen LogP contribution in [-0.4, -0.2) is 52.2 Å². The largest absolute Gasteiger partial charge is 0.534 e. The molecule has 0 aliphatic carbocycles. The van der Waals surface area contributed by atoms with Crippen molar-refractivity contribution in [2.24, 2.45) is 5.10 Å². The zero-order valence-corrected chi connectivity index (χ0v) is 21.1. The first-order valence-corrected chi connectivity index (χ1v) is 11.2. The van der Waals surface area contributed by atoms with E-state index in [1.54, 1.807) is 96.1 Å². The fourth-order valence-corrected chi connectivity index (χ4v) is 3.59. The first-order chi connectivity index (χ1) is 16.3. The normalized spacial score (nSPS) is 18.1. The second-order valence-corrected chi connectivity index (χ2v) is 10.1. The molecule has 2 aromatic rings. The van der Waals surface area contributed by atoms with Crippen molar-refractivity contribution in [1.29, 1.82) is 0 Å². The lowest BCUT2D eigenvalue weighted by Gasteiger charge is -2.38. The Labute approximate surface area is 205 Å². The van der Waals surface area contributed by atoms with E-state index in [4.69, 9.17) is 14.3 Å². The van der Waals surface area contributed by atoms with E-state index in [-0.39, 0.29) is 5.71 Å². The SMILES string of the molecule is CN1N=C(c2ccccc2)C(c2ccccc2)(N(OC(=O)OC(C)(C)C)C(=O)OC(C)(C)C)C1=O. The molecular weight excluding hydrogens is 450 g/mol. The molecule has 0 bridgehead atoms. The molecule has 0 saturated carbocycles. The van der Waals surface area contributed by atoms with Crippen molar-refractivity contribution in [3.63, 3.8) is 0 Å². The number of amides is 2. The molecule has 186 valence electrons. The summed E-state index contributed by atoms with van der Waals surface area (Å²) in [6.07, 6.45) is -2.23. The Morgan fingerprint density at radius 3 is 1.89 bits per heavy atom. The average molecular weight is 482 g/mol. The highest BCUT2D eigenvalue weighted by molar-refractivity contribution is 6.24. The number of likely N-dealkylation sites (N-methyl/N-ethyl adjacent to an activating group) is 1. The molecule has 1 aliphatic rings. The van der Waals surface area contributed by atoms with Crippen LogP contribution in [0.3, 0.4) is 0 Å². The van der Waals surface area contributed by atoms with Gasteiger partial charge in [-0.15, -0.1) is 5.06 Å². The van der Waals surface area contributed by atoms with Gasteiger partial charge in [0.1, 0.15) is 16.9 Å². The Hall–Kier alpha value is -3.88. The molecule has 2 aromatic carbocycles. The topological polar surface area (TPSA) is 97.7 Å². The van der Waals surface area contributed by atoms with Crippen molar-refractivity contribution in [2.75, 3.05) is 7.05 Å². The predicted molar refractivity (Wildman–Crippen MR) is 129 cm³/mol. The molecule has 0 radical (unpaired) electrons. The molecule has 1 heterocycles. The van der Waals surface area contributed by atoms with Crippen molar-refractivity contribution in [3.05, 3.63) is 71.8 Å². The maximum atomic E-state index is 13.9. The van der Waals surface area contributed by atoms with Crippen LogP contribution >= 0.6 is 0 Å². The fourth-order valence-electron chi connectivity index (χ4n) is 3.59. The van der Waals surface area contributed by atoms with Crippen LogP contribution in [0.25, 0.3) is 0 Å². The number of benzene rings is 2. The molecule has 0 aromatic heterocycles. The van der Waals surface area contributed by atoms with Crippen molar-refractivity contribution < 1.29 is 28.7 Å². The van der Waals surface area contributed by atoms with Crippen LogP contribution in [0.2, 0.25) is 0 Å². The Morgan fingerprint density at radius 1 is 0.857 bits per heavy atom. The van der Waals surface area contributed by atoms with Crippen molar-refractivity contribution in [2.45, 2.75) is 58.3 Å². The average Bonchev–Trinajstić information content (AvgIpc) is 3.02. The number of carbonyl (C=O) groups excluding carboxylic acids is 3. The van der Waals surface area contributed by atoms with Gasteiger partial charge in [0.2, 0.25) is 5.54 Å². The highest BCUT2D eigenvalue weighted by atomic mass is 16.8. The minimum absolute atomic E-state index is 0.186. The van der Waals surface area contributed by atoms with E-state index >= 15 is 0 Å². The van der Waals surface area contributed by atoms with Gasteiger partial charge in [-0.1, -0.05) is 60.7 Å². The minimum Gasteiger partial charge on any atom is -0.442 e. The van der Waals surface area contributed by atoms with Gasteiger partial charge in [-0.05, 0) is 47.1 Å². The molecule has 9 nitrogen and oxygen atoms in total. The Balaban J connectivity index is 2.29. The summed E-state index contributed by atoms with van der Waals surface area (Å²) < 4.78 is 10.9. The fraction of sp³-hybridized carbons (Fsp3) is 0.385. The summed E-state index contributed by atoms with van der Waals surface area (Å²) >= 11 is 0. The first-order valence-electron chi connectivity index (χ1n) is 11.2. The van der Waals surface area contributed by atoms with Crippen LogP contribution in [0.4, 0.5) is 9.59 Å². The van der Waals surface area contributed by atoms with Crippen LogP contribution in [0.15, 0.2) is 65.8 Å². The highest BCUT2D eigenvalue weighted by Gasteiger charge is 2.61. The lowest BCUT2D eigenvalue weighted by Crippen LogP contribution is -2.60. The minimum atomic E-state index is -1.98. The van der Waals surface area contributed by atoms with Crippen molar-refractivity contribution in [1.82, 2.24) is 10.1 Å². The summed E-state index contributed by atoms with van der Waals surface area (Å²) in [6, 6.07) is 17.4. The second kappa shape index (κ2) is 9.40. The van der Waals surface area contributed by atoms with Crippen LogP contribution in [-0.2, 0) is 24.6 Å². The summed E-state index contributed by atoms with van der Waals surface area (Å²) in [5.74, 6) is -0.614. The lowest BCUT2D eigenvalue weighted by molar-refractivity contribution is -0.181. The summed E-state index contributed by atoms with van der Waals surface area (Å²) in [6.45, 7) is 9.97. The van der Waals surface area contributed by atoms with Gasteiger partial charge in [0.25, 0.3) is 5.91 Å². The van der Waals surface area contributed by atoms with Gasteiger partial charge in [0, 0.05) is 12.6 Å². The molecule has 35 heavy (non-hydrogen) atoms. The number of nitrogens with zero attached hydrogens (tertiary/aromatic N) is 3.